The molecule has 0 saturated heterocycles. The van der Waals surface area contributed by atoms with Gasteiger partial charge in [0.05, 0.1) is 6.04 Å². The van der Waals surface area contributed by atoms with Crippen LogP contribution in [0.15, 0.2) is 12.1 Å². The highest BCUT2D eigenvalue weighted by Gasteiger charge is 2.31. The molecule has 0 radical (unpaired) electrons. The summed E-state index contributed by atoms with van der Waals surface area (Å²) in [7, 11) is 0. The van der Waals surface area contributed by atoms with E-state index in [1.165, 1.54) is 6.07 Å². The first-order valence-electron chi connectivity index (χ1n) is 5.09. The van der Waals surface area contributed by atoms with Crippen LogP contribution in [0.25, 0.3) is 0 Å². The maximum atomic E-state index is 13.6. The largest absolute Gasteiger partial charge is 0.329 e. The zero-order valence-electron chi connectivity index (χ0n) is 8.63. The molecule has 0 amide bonds. The van der Waals surface area contributed by atoms with Crippen molar-refractivity contribution in [1.82, 2.24) is 4.90 Å². The van der Waals surface area contributed by atoms with Gasteiger partial charge in [0.15, 0.2) is 0 Å². The molecule has 1 aromatic carbocycles. The second kappa shape index (κ2) is 3.87. The molecule has 2 nitrogen and oxygen atoms in total. The van der Waals surface area contributed by atoms with Gasteiger partial charge in [0, 0.05) is 24.7 Å². The monoisotopic (exact) mass is 212 g/mol. The Morgan fingerprint density at radius 1 is 1.47 bits per heavy atom. The van der Waals surface area contributed by atoms with Crippen LogP contribution in [0.5, 0.6) is 0 Å². The number of nitrogens with zero attached hydrogens (tertiary/aromatic N) is 1. The second-order valence-electron chi connectivity index (χ2n) is 3.78. The maximum Gasteiger partial charge on any atom is 0.131 e. The van der Waals surface area contributed by atoms with Crippen molar-refractivity contribution < 1.29 is 8.78 Å². The zero-order valence-corrected chi connectivity index (χ0v) is 8.63. The van der Waals surface area contributed by atoms with Crippen molar-refractivity contribution in [2.24, 2.45) is 5.73 Å². The van der Waals surface area contributed by atoms with Crippen LogP contribution < -0.4 is 5.73 Å². The van der Waals surface area contributed by atoms with Gasteiger partial charge in [0.2, 0.25) is 0 Å². The Labute approximate surface area is 87.7 Å². The highest BCUT2D eigenvalue weighted by molar-refractivity contribution is 5.36. The van der Waals surface area contributed by atoms with Crippen LogP contribution in [0.2, 0.25) is 0 Å². The lowest BCUT2D eigenvalue weighted by atomic mass is 10.0. The fourth-order valence-electron chi connectivity index (χ4n) is 2.25. The van der Waals surface area contributed by atoms with Crippen molar-refractivity contribution in [3.63, 3.8) is 0 Å². The number of hydrogen-bond donors (Lipinski definition) is 1. The number of hydrogen-bond acceptors (Lipinski definition) is 2. The third-order valence-corrected chi connectivity index (χ3v) is 2.96. The van der Waals surface area contributed by atoms with Crippen LogP contribution in [0.1, 0.15) is 24.1 Å². The first-order valence-corrected chi connectivity index (χ1v) is 5.09. The van der Waals surface area contributed by atoms with Gasteiger partial charge in [-0.05, 0) is 18.2 Å². The van der Waals surface area contributed by atoms with Crippen molar-refractivity contribution in [3.05, 3.63) is 34.9 Å². The molecular formula is C11H14F2N2. The molecule has 2 rings (SSSR count). The Bertz CT molecular complexity index is 379. The van der Waals surface area contributed by atoms with Crippen LogP contribution in [-0.2, 0) is 6.54 Å². The summed E-state index contributed by atoms with van der Waals surface area (Å²) in [6, 6.07) is 2.22. The minimum absolute atomic E-state index is 0.106. The molecule has 2 N–H and O–H groups in total. The molecule has 15 heavy (non-hydrogen) atoms. The van der Waals surface area contributed by atoms with Crippen molar-refractivity contribution in [3.8, 4) is 0 Å². The Balaban J connectivity index is 2.47. The van der Waals surface area contributed by atoms with Gasteiger partial charge >= 0.3 is 0 Å². The molecule has 1 atom stereocenters. The Hall–Kier alpha value is -1.00. The smallest absolute Gasteiger partial charge is 0.131 e. The van der Waals surface area contributed by atoms with Crippen LogP contribution in [0.3, 0.4) is 0 Å². The van der Waals surface area contributed by atoms with Crippen LogP contribution in [-0.4, -0.2) is 18.0 Å². The Morgan fingerprint density at radius 2 is 2.20 bits per heavy atom. The van der Waals surface area contributed by atoms with E-state index in [2.05, 4.69) is 0 Å². The lowest BCUT2D eigenvalue weighted by Crippen LogP contribution is -2.27. The molecule has 1 heterocycles. The SMILES string of the molecule is CCN1Cc2cc(F)cc(F)c2C1CN. The Kier molecular flexibility index (Phi) is 2.71. The molecule has 0 aliphatic carbocycles. The van der Waals surface area contributed by atoms with Gasteiger partial charge in [-0.1, -0.05) is 6.92 Å². The van der Waals surface area contributed by atoms with Crippen LogP contribution in [0, 0.1) is 11.6 Å². The molecule has 0 spiro atoms. The molecule has 1 unspecified atom stereocenters. The molecule has 0 saturated carbocycles. The van der Waals surface area contributed by atoms with E-state index in [-0.39, 0.29) is 6.04 Å². The van der Waals surface area contributed by atoms with E-state index in [1.54, 1.807) is 0 Å². The van der Waals surface area contributed by atoms with Crippen molar-refractivity contribution in [1.29, 1.82) is 0 Å². The fraction of sp³-hybridized carbons (Fsp3) is 0.455. The fourth-order valence-corrected chi connectivity index (χ4v) is 2.25. The summed E-state index contributed by atoms with van der Waals surface area (Å²) in [6.07, 6.45) is 0. The first kappa shape index (κ1) is 10.5. The van der Waals surface area contributed by atoms with Crippen LogP contribution >= 0.6 is 0 Å². The predicted molar refractivity (Wildman–Crippen MR) is 54.2 cm³/mol. The summed E-state index contributed by atoms with van der Waals surface area (Å²) >= 11 is 0. The molecule has 1 aliphatic rings. The molecule has 4 heteroatoms. The summed E-state index contributed by atoms with van der Waals surface area (Å²) in [5.41, 5.74) is 6.92. The lowest BCUT2D eigenvalue weighted by molar-refractivity contribution is 0.230. The number of rotatable bonds is 2. The summed E-state index contributed by atoms with van der Waals surface area (Å²) in [6.45, 7) is 3.73. The molecule has 1 aliphatic heterocycles. The minimum atomic E-state index is -0.514. The predicted octanol–water partition coefficient (Wildman–Crippen LogP) is 1.80. The first-order chi connectivity index (χ1) is 7.17. The molecule has 82 valence electrons. The van der Waals surface area contributed by atoms with Gasteiger partial charge < -0.3 is 5.73 Å². The standard InChI is InChI=1S/C11H14F2N2/c1-2-15-6-7-3-8(12)4-9(13)11(7)10(15)5-14/h3-4,10H,2,5-6,14H2,1H3. The van der Waals surface area contributed by atoms with Gasteiger partial charge in [-0.3, -0.25) is 4.90 Å². The van der Waals surface area contributed by atoms with E-state index < -0.39 is 11.6 Å². The highest BCUT2D eigenvalue weighted by Crippen LogP contribution is 2.34. The topological polar surface area (TPSA) is 29.3 Å². The van der Waals surface area contributed by atoms with E-state index in [0.717, 1.165) is 18.2 Å². The maximum absolute atomic E-state index is 13.6. The Morgan fingerprint density at radius 3 is 2.80 bits per heavy atom. The van der Waals surface area contributed by atoms with Gasteiger partial charge in [-0.25, -0.2) is 8.78 Å². The lowest BCUT2D eigenvalue weighted by Gasteiger charge is -2.21. The van der Waals surface area contributed by atoms with E-state index >= 15 is 0 Å². The number of nitrogens with two attached hydrogens (primary N) is 1. The van der Waals surface area contributed by atoms with Crippen molar-refractivity contribution >= 4 is 0 Å². The van der Waals surface area contributed by atoms with E-state index in [0.29, 0.717) is 18.7 Å². The van der Waals surface area contributed by atoms with Gasteiger partial charge in [-0.2, -0.15) is 0 Å². The normalized spacial score (nSPS) is 20.7. The summed E-state index contributed by atoms with van der Waals surface area (Å²) < 4.78 is 26.6. The average molecular weight is 212 g/mol. The van der Waals surface area contributed by atoms with Gasteiger partial charge in [0.1, 0.15) is 11.6 Å². The van der Waals surface area contributed by atoms with E-state index in [1.807, 2.05) is 11.8 Å². The summed E-state index contributed by atoms with van der Waals surface area (Å²) in [5.74, 6) is -0.989. The number of fused-ring (bicyclic) bond motifs is 1. The van der Waals surface area contributed by atoms with Gasteiger partial charge in [-0.15, -0.1) is 0 Å². The number of benzene rings is 1. The third-order valence-electron chi connectivity index (χ3n) is 2.96. The minimum Gasteiger partial charge on any atom is -0.329 e. The quantitative estimate of drug-likeness (QED) is 0.810. The highest BCUT2D eigenvalue weighted by atomic mass is 19.1. The average Bonchev–Trinajstić information content (AvgIpc) is 2.55. The zero-order chi connectivity index (χ0) is 11.0. The summed E-state index contributed by atoms with van der Waals surface area (Å²) in [5, 5.41) is 0. The van der Waals surface area contributed by atoms with Gasteiger partial charge in [0.25, 0.3) is 0 Å². The molecule has 0 bridgehead atoms. The number of likely N-dealkylation sites (N-methyl/N-ethyl adjacent to an activating group) is 1. The second-order valence-corrected chi connectivity index (χ2v) is 3.78. The molecular weight excluding hydrogens is 198 g/mol. The molecule has 0 fully saturated rings. The summed E-state index contributed by atoms with van der Waals surface area (Å²) in [4.78, 5) is 2.05. The van der Waals surface area contributed by atoms with E-state index in [4.69, 9.17) is 5.73 Å². The van der Waals surface area contributed by atoms with E-state index in [9.17, 15) is 8.78 Å². The molecule has 1 aromatic rings. The van der Waals surface area contributed by atoms with Crippen molar-refractivity contribution in [2.45, 2.75) is 19.5 Å². The number of halogens is 2. The third kappa shape index (κ3) is 1.64. The van der Waals surface area contributed by atoms with Crippen LogP contribution in [0.4, 0.5) is 8.78 Å². The van der Waals surface area contributed by atoms with Crippen molar-refractivity contribution in [2.75, 3.05) is 13.1 Å². The molecule has 0 aromatic heterocycles.